The van der Waals surface area contributed by atoms with Gasteiger partial charge in [-0.25, -0.2) is 0 Å². The minimum atomic E-state index is 0.742. The smallest absolute Gasteiger partial charge is 0.0411 e. The Hall–Kier alpha value is -0.110. The molecule has 0 N–H and O–H groups in total. The lowest BCUT2D eigenvalue weighted by atomic mass is 10.2. The summed E-state index contributed by atoms with van der Waals surface area (Å²) in [6, 6.07) is 7.59. The van der Waals surface area contributed by atoms with E-state index >= 15 is 0 Å². The van der Waals surface area contributed by atoms with Crippen LogP contribution in [0, 0.1) is 0 Å². The molecule has 0 nitrogen and oxygen atoms in total. The van der Waals surface area contributed by atoms with E-state index in [-0.39, 0.29) is 0 Å². The normalized spacial score (nSPS) is 10.7. The molecule has 0 radical (unpaired) electrons. The molecule has 0 aliphatic rings. The maximum Gasteiger partial charge on any atom is 0.0411 e. The van der Waals surface area contributed by atoms with Crippen LogP contribution in [0.25, 0.3) is 6.08 Å². The third kappa shape index (κ3) is 3.19. The zero-order valence-corrected chi connectivity index (χ0v) is 7.96. The maximum absolute atomic E-state index is 5.75. The summed E-state index contributed by atoms with van der Waals surface area (Å²) in [7, 11) is 6.54. The third-order valence-corrected chi connectivity index (χ3v) is 1.94. The topological polar surface area (TPSA) is 0 Å². The van der Waals surface area contributed by atoms with Crippen LogP contribution in [0.15, 0.2) is 29.7 Å². The lowest BCUT2D eigenvalue weighted by Gasteiger charge is -1.91. The summed E-state index contributed by atoms with van der Waals surface area (Å²) in [4.78, 5) is 0. The van der Waals surface area contributed by atoms with Crippen LogP contribution < -0.4 is 0 Å². The minimum Gasteiger partial charge on any atom is -0.0843 e. The molecule has 3 heteroatoms. The van der Waals surface area contributed by atoms with Crippen LogP contribution in [0.5, 0.6) is 0 Å². The number of halogens is 2. The van der Waals surface area contributed by atoms with E-state index in [1.807, 2.05) is 30.3 Å². The van der Waals surface area contributed by atoms with E-state index in [1.54, 1.807) is 5.41 Å². The Morgan fingerprint density at radius 3 is 2.82 bits per heavy atom. The van der Waals surface area contributed by atoms with E-state index < -0.39 is 0 Å². The molecule has 11 heavy (non-hydrogen) atoms. The Kier molecular flexibility index (Phi) is 3.84. The summed E-state index contributed by atoms with van der Waals surface area (Å²) >= 11 is 5.75. The molecule has 0 unspecified atom stereocenters. The van der Waals surface area contributed by atoms with Crippen LogP contribution in [0.2, 0.25) is 5.02 Å². The Morgan fingerprint density at radius 2 is 2.18 bits per heavy atom. The molecule has 58 valence electrons. The van der Waals surface area contributed by atoms with Crippen LogP contribution in [0.3, 0.4) is 0 Å². The average Bonchev–Trinajstić information content (AvgIpc) is 2.01. The molecule has 0 aliphatic heterocycles. The number of hydrogen-bond acceptors (Lipinski definition) is 1. The van der Waals surface area contributed by atoms with Crippen LogP contribution in [-0.2, 0) is 0 Å². The van der Waals surface area contributed by atoms with E-state index in [4.69, 9.17) is 22.3 Å². The zero-order valence-electron chi connectivity index (χ0n) is 5.63. The summed E-state index contributed by atoms with van der Waals surface area (Å²) in [5, 5.41) is 2.54. The van der Waals surface area contributed by atoms with Gasteiger partial charge in [-0.15, -0.1) is 0 Å². The molecular weight excluding hydrogens is 199 g/mol. The first kappa shape index (κ1) is 8.98. The first-order valence-electron chi connectivity index (χ1n) is 3.02. The molecule has 0 atom stereocenters. The zero-order chi connectivity index (χ0) is 8.10. The van der Waals surface area contributed by atoms with Gasteiger partial charge in [-0.1, -0.05) is 23.7 Å². The summed E-state index contributed by atoms with van der Waals surface area (Å²) < 4.78 is 0. The fraction of sp³-hybridized carbons (Fsp3) is 0. The van der Waals surface area contributed by atoms with Gasteiger partial charge in [0.25, 0.3) is 0 Å². The lowest BCUT2D eigenvalue weighted by Crippen LogP contribution is -1.68. The van der Waals surface area contributed by atoms with E-state index in [2.05, 4.69) is 0 Å². The van der Waals surface area contributed by atoms with Gasteiger partial charge in [0, 0.05) is 5.02 Å². The number of benzene rings is 1. The maximum atomic E-state index is 5.75. The predicted molar refractivity (Wildman–Crippen MR) is 53.9 cm³/mol. The Labute approximate surface area is 79.7 Å². The van der Waals surface area contributed by atoms with Crippen molar-refractivity contribution in [1.29, 1.82) is 0 Å². The van der Waals surface area contributed by atoms with E-state index in [0.717, 1.165) is 21.6 Å². The van der Waals surface area contributed by atoms with Gasteiger partial charge in [0.2, 0.25) is 0 Å². The van der Waals surface area contributed by atoms with Gasteiger partial charge in [0.1, 0.15) is 0 Å². The Bertz CT molecular complexity index is 258. The highest BCUT2D eigenvalue weighted by molar-refractivity contribution is 8.23. The molecule has 1 aromatic carbocycles. The van der Waals surface area contributed by atoms with E-state index in [1.165, 1.54) is 0 Å². The molecule has 0 bridgehead atoms. The van der Waals surface area contributed by atoms with Crippen LogP contribution in [-0.4, -0.2) is 0 Å². The molecule has 0 fully saturated rings. The summed E-state index contributed by atoms with van der Waals surface area (Å²) in [5.74, 6) is 0. The fourth-order valence-electron chi connectivity index (χ4n) is 0.715. The highest BCUT2D eigenvalue weighted by atomic mass is 35.7. The second kappa shape index (κ2) is 4.70. The lowest BCUT2D eigenvalue weighted by molar-refractivity contribution is 1.66. The van der Waals surface area contributed by atoms with Crippen LogP contribution >= 0.6 is 33.3 Å². The SMILES string of the molecule is ClS/C=C/c1cccc(Cl)c1. The highest BCUT2D eigenvalue weighted by Crippen LogP contribution is 2.15. The van der Waals surface area contributed by atoms with Gasteiger partial charge in [-0.3, -0.25) is 0 Å². The van der Waals surface area contributed by atoms with Crippen molar-refractivity contribution in [2.24, 2.45) is 0 Å². The molecule has 0 saturated carbocycles. The molecule has 0 amide bonds. The fourth-order valence-corrected chi connectivity index (χ4v) is 1.28. The van der Waals surface area contributed by atoms with Gasteiger partial charge in [0.15, 0.2) is 0 Å². The van der Waals surface area contributed by atoms with E-state index in [0.29, 0.717) is 0 Å². The van der Waals surface area contributed by atoms with Gasteiger partial charge in [0.05, 0.1) is 0 Å². The molecule has 0 heterocycles. The average molecular weight is 205 g/mol. The third-order valence-electron chi connectivity index (χ3n) is 1.16. The quantitative estimate of drug-likeness (QED) is 0.697. The standard InChI is InChI=1S/C8H6Cl2S/c9-8-3-1-2-7(6-8)4-5-11-10/h1-6H/b5-4+. The second-order valence-corrected chi connectivity index (χ2v) is 3.37. The molecule has 1 rings (SSSR count). The second-order valence-electron chi connectivity index (χ2n) is 1.95. The van der Waals surface area contributed by atoms with Crippen molar-refractivity contribution in [3.05, 3.63) is 40.3 Å². The van der Waals surface area contributed by atoms with Gasteiger partial charge < -0.3 is 0 Å². The predicted octanol–water partition coefficient (Wildman–Crippen LogP) is 4.20. The first-order valence-corrected chi connectivity index (χ1v) is 5.11. The van der Waals surface area contributed by atoms with Crippen molar-refractivity contribution in [2.45, 2.75) is 0 Å². The van der Waals surface area contributed by atoms with Gasteiger partial charge in [-0.05, 0) is 50.8 Å². The molecule has 0 spiro atoms. The van der Waals surface area contributed by atoms with Crippen molar-refractivity contribution < 1.29 is 0 Å². The van der Waals surface area contributed by atoms with Gasteiger partial charge >= 0.3 is 0 Å². The summed E-state index contributed by atoms with van der Waals surface area (Å²) in [5.41, 5.74) is 1.06. The first-order chi connectivity index (χ1) is 5.33. The number of hydrogen-bond donors (Lipinski definition) is 0. The summed E-state index contributed by atoms with van der Waals surface area (Å²) in [6.45, 7) is 0. The van der Waals surface area contributed by atoms with Crippen molar-refractivity contribution in [1.82, 2.24) is 0 Å². The highest BCUT2D eigenvalue weighted by Gasteiger charge is 1.87. The van der Waals surface area contributed by atoms with Crippen molar-refractivity contribution >= 4 is 39.3 Å². The molecular formula is C8H6Cl2S. The van der Waals surface area contributed by atoms with Crippen LogP contribution in [0.4, 0.5) is 0 Å². The Balaban J connectivity index is 2.79. The van der Waals surface area contributed by atoms with Crippen molar-refractivity contribution in [3.63, 3.8) is 0 Å². The molecule has 0 aliphatic carbocycles. The summed E-state index contributed by atoms with van der Waals surface area (Å²) in [6.07, 6.45) is 1.91. The van der Waals surface area contributed by atoms with Crippen LogP contribution in [0.1, 0.15) is 5.56 Å². The molecule has 0 aromatic heterocycles. The van der Waals surface area contributed by atoms with Crippen molar-refractivity contribution in [2.75, 3.05) is 0 Å². The number of rotatable bonds is 2. The van der Waals surface area contributed by atoms with E-state index in [9.17, 15) is 0 Å². The molecule has 1 aromatic rings. The Morgan fingerprint density at radius 1 is 1.36 bits per heavy atom. The largest absolute Gasteiger partial charge is 0.0843 e. The van der Waals surface area contributed by atoms with Gasteiger partial charge in [-0.2, -0.15) is 0 Å². The minimum absolute atomic E-state index is 0.742. The van der Waals surface area contributed by atoms with Crippen molar-refractivity contribution in [3.8, 4) is 0 Å². The molecule has 0 saturated heterocycles. The monoisotopic (exact) mass is 204 g/mol.